The maximum absolute atomic E-state index is 12.4. The Balaban J connectivity index is 2.62. The molecule has 0 aliphatic heterocycles. The molecule has 0 heterocycles. The number of hydrogen-bond acceptors (Lipinski definition) is 3. The Bertz CT molecular complexity index is 499. The van der Waals surface area contributed by atoms with E-state index in [1.165, 1.54) is 0 Å². The van der Waals surface area contributed by atoms with E-state index < -0.39 is 5.41 Å². The first-order valence-electron chi connectivity index (χ1n) is 7.21. The lowest BCUT2D eigenvalue weighted by molar-refractivity contribution is -0.127. The Morgan fingerprint density at radius 3 is 2.57 bits per heavy atom. The van der Waals surface area contributed by atoms with Crippen molar-refractivity contribution >= 4 is 23.1 Å². The first-order chi connectivity index (χ1) is 10.00. The summed E-state index contributed by atoms with van der Waals surface area (Å²) in [7, 11) is 1.64. The number of benzene rings is 1. The SMILES string of the molecule is CCC(CC)(C(=O)NCCc1cccc(OC)c1)C(N)=S. The Kier molecular flexibility index (Phi) is 6.62. The molecule has 5 heteroatoms. The smallest absolute Gasteiger partial charge is 0.233 e. The number of hydrogen-bond donors (Lipinski definition) is 2. The molecule has 0 aliphatic rings. The molecular formula is C16H24N2O2S. The normalized spacial score (nSPS) is 11.0. The van der Waals surface area contributed by atoms with Crippen molar-refractivity contribution in [2.24, 2.45) is 11.1 Å². The van der Waals surface area contributed by atoms with Gasteiger partial charge in [-0.1, -0.05) is 38.2 Å². The summed E-state index contributed by atoms with van der Waals surface area (Å²) in [5, 5.41) is 2.95. The standard InChI is InChI=1S/C16H24N2O2S/c1-4-16(5-2,14(17)21)15(19)18-10-9-12-7-6-8-13(11-12)20-3/h6-8,11H,4-5,9-10H2,1-3H3,(H2,17,21)(H,18,19). The molecule has 0 aliphatic carbocycles. The van der Waals surface area contributed by atoms with E-state index in [-0.39, 0.29) is 10.9 Å². The molecule has 1 aromatic rings. The van der Waals surface area contributed by atoms with Crippen LogP contribution in [0.3, 0.4) is 0 Å². The molecule has 3 N–H and O–H groups in total. The van der Waals surface area contributed by atoms with Gasteiger partial charge in [-0.25, -0.2) is 0 Å². The number of nitrogens with one attached hydrogen (secondary N) is 1. The van der Waals surface area contributed by atoms with E-state index in [1.54, 1.807) is 7.11 Å². The number of ether oxygens (including phenoxy) is 1. The first kappa shape index (κ1) is 17.4. The summed E-state index contributed by atoms with van der Waals surface area (Å²) < 4.78 is 5.18. The Morgan fingerprint density at radius 1 is 1.38 bits per heavy atom. The molecule has 0 bridgehead atoms. The highest BCUT2D eigenvalue weighted by atomic mass is 32.1. The van der Waals surface area contributed by atoms with Crippen LogP contribution in [0.4, 0.5) is 0 Å². The van der Waals surface area contributed by atoms with Gasteiger partial charge in [-0.2, -0.15) is 0 Å². The van der Waals surface area contributed by atoms with E-state index in [4.69, 9.17) is 22.7 Å². The third kappa shape index (κ3) is 4.17. The molecule has 0 unspecified atom stereocenters. The monoisotopic (exact) mass is 308 g/mol. The van der Waals surface area contributed by atoms with Crippen molar-refractivity contribution in [2.75, 3.05) is 13.7 Å². The summed E-state index contributed by atoms with van der Waals surface area (Å²) >= 11 is 5.08. The van der Waals surface area contributed by atoms with Crippen LogP contribution in [0.5, 0.6) is 5.75 Å². The summed E-state index contributed by atoms with van der Waals surface area (Å²) in [6, 6.07) is 7.81. The highest BCUT2D eigenvalue weighted by Gasteiger charge is 2.37. The number of amides is 1. The maximum atomic E-state index is 12.4. The van der Waals surface area contributed by atoms with Crippen molar-refractivity contribution in [3.8, 4) is 5.75 Å². The van der Waals surface area contributed by atoms with E-state index >= 15 is 0 Å². The molecule has 1 rings (SSSR count). The fourth-order valence-corrected chi connectivity index (χ4v) is 2.73. The third-order valence-corrected chi connectivity index (χ3v) is 4.34. The topological polar surface area (TPSA) is 64.3 Å². The summed E-state index contributed by atoms with van der Waals surface area (Å²) in [6.45, 7) is 4.42. The van der Waals surface area contributed by atoms with Gasteiger partial charge in [0.05, 0.1) is 17.5 Å². The second kappa shape index (κ2) is 7.98. The predicted octanol–water partition coefficient (Wildman–Crippen LogP) is 2.45. The molecule has 21 heavy (non-hydrogen) atoms. The summed E-state index contributed by atoms with van der Waals surface area (Å²) in [4.78, 5) is 12.6. The number of rotatable bonds is 8. The Hall–Kier alpha value is -1.62. The molecule has 0 aromatic heterocycles. The van der Waals surface area contributed by atoms with E-state index in [0.29, 0.717) is 19.4 Å². The average molecular weight is 308 g/mol. The number of methoxy groups -OCH3 is 1. The molecule has 0 spiro atoms. The van der Waals surface area contributed by atoms with Crippen LogP contribution < -0.4 is 15.8 Å². The number of nitrogens with two attached hydrogens (primary N) is 1. The van der Waals surface area contributed by atoms with Crippen LogP contribution in [0.2, 0.25) is 0 Å². The van der Waals surface area contributed by atoms with Crippen molar-refractivity contribution in [2.45, 2.75) is 33.1 Å². The molecule has 0 saturated heterocycles. The van der Waals surface area contributed by atoms with Crippen molar-refractivity contribution in [3.63, 3.8) is 0 Å². The van der Waals surface area contributed by atoms with Crippen molar-refractivity contribution in [1.82, 2.24) is 5.32 Å². The minimum absolute atomic E-state index is 0.0807. The van der Waals surface area contributed by atoms with E-state index in [9.17, 15) is 4.79 Å². The van der Waals surface area contributed by atoms with Gasteiger partial charge in [-0.15, -0.1) is 0 Å². The van der Waals surface area contributed by atoms with Crippen molar-refractivity contribution in [3.05, 3.63) is 29.8 Å². The molecule has 116 valence electrons. The van der Waals surface area contributed by atoms with Crippen LogP contribution in [0, 0.1) is 5.41 Å². The minimum Gasteiger partial charge on any atom is -0.497 e. The maximum Gasteiger partial charge on any atom is 0.233 e. The Morgan fingerprint density at radius 2 is 2.05 bits per heavy atom. The van der Waals surface area contributed by atoms with Gasteiger partial charge in [-0.3, -0.25) is 4.79 Å². The van der Waals surface area contributed by atoms with E-state index in [1.807, 2.05) is 38.1 Å². The molecule has 0 fully saturated rings. The lowest BCUT2D eigenvalue weighted by Crippen LogP contribution is -2.48. The predicted molar refractivity (Wildman–Crippen MR) is 89.5 cm³/mol. The molecule has 1 amide bonds. The van der Waals surface area contributed by atoms with Gasteiger partial charge in [0, 0.05) is 6.54 Å². The zero-order valence-electron chi connectivity index (χ0n) is 12.9. The van der Waals surface area contributed by atoms with Gasteiger partial charge in [0.15, 0.2) is 0 Å². The second-order valence-corrected chi connectivity index (χ2v) is 5.45. The summed E-state index contributed by atoms with van der Waals surface area (Å²) in [5.74, 6) is 0.737. The van der Waals surface area contributed by atoms with Gasteiger partial charge in [-0.05, 0) is 37.0 Å². The van der Waals surface area contributed by atoms with Crippen LogP contribution in [0.25, 0.3) is 0 Å². The van der Waals surface area contributed by atoms with Crippen molar-refractivity contribution < 1.29 is 9.53 Å². The van der Waals surface area contributed by atoms with Gasteiger partial charge in [0.2, 0.25) is 5.91 Å². The average Bonchev–Trinajstić information content (AvgIpc) is 2.49. The highest BCUT2D eigenvalue weighted by Crippen LogP contribution is 2.27. The van der Waals surface area contributed by atoms with Crippen LogP contribution in [0.1, 0.15) is 32.3 Å². The lowest BCUT2D eigenvalue weighted by atomic mass is 9.81. The van der Waals surface area contributed by atoms with Gasteiger partial charge in [0.25, 0.3) is 0 Å². The number of thiocarbonyl (C=S) groups is 1. The fraction of sp³-hybridized carbons (Fsp3) is 0.500. The zero-order chi connectivity index (χ0) is 15.9. The highest BCUT2D eigenvalue weighted by molar-refractivity contribution is 7.80. The van der Waals surface area contributed by atoms with Crippen LogP contribution in [0.15, 0.2) is 24.3 Å². The van der Waals surface area contributed by atoms with Gasteiger partial charge < -0.3 is 15.8 Å². The molecule has 0 saturated carbocycles. The van der Waals surface area contributed by atoms with Gasteiger partial charge in [0.1, 0.15) is 5.75 Å². The fourth-order valence-electron chi connectivity index (χ4n) is 2.35. The van der Waals surface area contributed by atoms with Crippen LogP contribution >= 0.6 is 12.2 Å². The molecule has 4 nitrogen and oxygen atoms in total. The van der Waals surface area contributed by atoms with Crippen molar-refractivity contribution in [1.29, 1.82) is 0 Å². The second-order valence-electron chi connectivity index (χ2n) is 5.01. The summed E-state index contributed by atoms with van der Waals surface area (Å²) in [5.41, 5.74) is 6.15. The zero-order valence-corrected chi connectivity index (χ0v) is 13.8. The quantitative estimate of drug-likeness (QED) is 0.724. The largest absolute Gasteiger partial charge is 0.497 e. The molecular weight excluding hydrogens is 284 g/mol. The Labute approximate surface area is 132 Å². The third-order valence-electron chi connectivity index (χ3n) is 3.95. The van der Waals surface area contributed by atoms with Crippen LogP contribution in [-0.4, -0.2) is 24.6 Å². The lowest BCUT2D eigenvalue weighted by Gasteiger charge is -2.28. The number of carbonyl (C=O) groups excluding carboxylic acids is 1. The molecule has 1 aromatic carbocycles. The number of carbonyl (C=O) groups is 1. The van der Waals surface area contributed by atoms with E-state index in [0.717, 1.165) is 17.7 Å². The molecule has 0 radical (unpaired) electrons. The minimum atomic E-state index is -0.732. The molecule has 0 atom stereocenters. The van der Waals surface area contributed by atoms with Crippen LogP contribution in [-0.2, 0) is 11.2 Å². The first-order valence-corrected chi connectivity index (χ1v) is 7.62. The van der Waals surface area contributed by atoms with E-state index in [2.05, 4.69) is 5.32 Å². The summed E-state index contributed by atoms with van der Waals surface area (Å²) in [6.07, 6.45) is 1.97. The van der Waals surface area contributed by atoms with Gasteiger partial charge >= 0.3 is 0 Å².